The van der Waals surface area contributed by atoms with Crippen molar-refractivity contribution in [2.75, 3.05) is 20.5 Å². The van der Waals surface area contributed by atoms with Gasteiger partial charge in [0.2, 0.25) is 0 Å². The van der Waals surface area contributed by atoms with E-state index in [1.165, 1.54) is 18.9 Å². The van der Waals surface area contributed by atoms with Gasteiger partial charge in [-0.1, -0.05) is 18.2 Å². The van der Waals surface area contributed by atoms with Crippen molar-refractivity contribution in [3.05, 3.63) is 42.0 Å². The summed E-state index contributed by atoms with van der Waals surface area (Å²) in [6.07, 6.45) is 1.90. The summed E-state index contributed by atoms with van der Waals surface area (Å²) in [6, 6.07) is 11.9. The number of thioether (sulfide) groups is 1. The van der Waals surface area contributed by atoms with Crippen molar-refractivity contribution in [3.63, 3.8) is 0 Å². The summed E-state index contributed by atoms with van der Waals surface area (Å²) in [5, 5.41) is 1.89. The molecule has 0 radical (unpaired) electrons. The molecule has 4 heteroatoms. The Morgan fingerprint density at radius 3 is 2.42 bits per heavy atom. The van der Waals surface area contributed by atoms with Crippen LogP contribution in [0.25, 0.3) is 10.8 Å². The van der Waals surface area contributed by atoms with Gasteiger partial charge in [-0.2, -0.15) is 0 Å². The van der Waals surface area contributed by atoms with Gasteiger partial charge in [-0.05, 0) is 40.8 Å². The second kappa shape index (κ2) is 5.97. The Balaban J connectivity index is 2.43. The van der Waals surface area contributed by atoms with E-state index in [-0.39, 0.29) is 11.2 Å². The molecule has 0 fully saturated rings. The van der Waals surface area contributed by atoms with Crippen molar-refractivity contribution in [2.24, 2.45) is 0 Å². The number of ether oxygens (including phenoxy) is 2. The highest BCUT2D eigenvalue weighted by Crippen LogP contribution is 2.31. The van der Waals surface area contributed by atoms with Crippen molar-refractivity contribution in [1.82, 2.24) is 0 Å². The van der Waals surface area contributed by atoms with Crippen LogP contribution >= 0.6 is 11.8 Å². The summed E-state index contributed by atoms with van der Waals surface area (Å²) in [5.74, 6) is 0.606. The lowest BCUT2D eigenvalue weighted by Gasteiger charge is -2.13. The number of esters is 1. The SMILES string of the molecule is COC(=O)C(SC)c1ccc2cc(OC)ccc2c1. The highest BCUT2D eigenvalue weighted by Gasteiger charge is 2.20. The van der Waals surface area contributed by atoms with Gasteiger partial charge in [0.25, 0.3) is 0 Å². The lowest BCUT2D eigenvalue weighted by Crippen LogP contribution is -2.10. The van der Waals surface area contributed by atoms with Gasteiger partial charge in [0.05, 0.1) is 14.2 Å². The van der Waals surface area contributed by atoms with Crippen LogP contribution in [0.1, 0.15) is 10.8 Å². The number of benzene rings is 2. The van der Waals surface area contributed by atoms with Crippen LogP contribution in [0.15, 0.2) is 36.4 Å². The van der Waals surface area contributed by atoms with Crippen LogP contribution < -0.4 is 4.74 Å². The maximum Gasteiger partial charge on any atom is 0.323 e. The molecule has 1 atom stereocenters. The molecule has 0 N–H and O–H groups in total. The quantitative estimate of drug-likeness (QED) is 0.802. The number of carbonyl (C=O) groups is 1. The first-order valence-corrected chi connectivity index (χ1v) is 7.16. The molecule has 0 aliphatic heterocycles. The Morgan fingerprint density at radius 2 is 1.79 bits per heavy atom. The molecule has 2 aromatic carbocycles. The summed E-state index contributed by atoms with van der Waals surface area (Å²) < 4.78 is 10.0. The predicted molar refractivity (Wildman–Crippen MR) is 78.8 cm³/mol. The fourth-order valence-corrected chi connectivity index (χ4v) is 2.72. The Kier molecular flexibility index (Phi) is 4.32. The van der Waals surface area contributed by atoms with Crippen LogP contribution in [0.3, 0.4) is 0 Å². The van der Waals surface area contributed by atoms with E-state index in [9.17, 15) is 4.79 Å². The van der Waals surface area contributed by atoms with Crippen molar-refractivity contribution >= 4 is 28.5 Å². The molecule has 0 saturated heterocycles. The lowest BCUT2D eigenvalue weighted by atomic mass is 10.0. The molecule has 2 aromatic rings. The summed E-state index contributed by atoms with van der Waals surface area (Å²) in [5.41, 5.74) is 0.956. The Morgan fingerprint density at radius 1 is 1.11 bits per heavy atom. The highest BCUT2D eigenvalue weighted by molar-refractivity contribution is 7.99. The molecule has 0 saturated carbocycles. The Bertz CT molecular complexity index is 595. The molecule has 0 heterocycles. The van der Waals surface area contributed by atoms with E-state index in [1.54, 1.807) is 7.11 Å². The third kappa shape index (κ3) is 2.84. The number of fused-ring (bicyclic) bond motifs is 1. The summed E-state index contributed by atoms with van der Waals surface area (Å²) >= 11 is 1.47. The van der Waals surface area contributed by atoms with E-state index in [1.807, 2.05) is 42.7 Å². The van der Waals surface area contributed by atoms with Crippen LogP contribution in [0.4, 0.5) is 0 Å². The monoisotopic (exact) mass is 276 g/mol. The predicted octanol–water partition coefficient (Wildman–Crippen LogP) is 3.43. The van der Waals surface area contributed by atoms with Crippen LogP contribution in [-0.4, -0.2) is 26.4 Å². The minimum Gasteiger partial charge on any atom is -0.497 e. The molecular weight excluding hydrogens is 260 g/mol. The van der Waals surface area contributed by atoms with Gasteiger partial charge >= 0.3 is 5.97 Å². The molecule has 100 valence electrons. The molecule has 0 amide bonds. The van der Waals surface area contributed by atoms with Crippen molar-refractivity contribution in [1.29, 1.82) is 0 Å². The number of rotatable bonds is 4. The molecule has 3 nitrogen and oxygen atoms in total. The molecule has 19 heavy (non-hydrogen) atoms. The number of methoxy groups -OCH3 is 2. The first-order chi connectivity index (χ1) is 9.19. The summed E-state index contributed by atoms with van der Waals surface area (Å²) in [6.45, 7) is 0. The van der Waals surface area contributed by atoms with E-state index in [0.717, 1.165) is 22.1 Å². The van der Waals surface area contributed by atoms with Gasteiger partial charge < -0.3 is 9.47 Å². The fraction of sp³-hybridized carbons (Fsp3) is 0.267. The maximum absolute atomic E-state index is 11.7. The normalized spacial score (nSPS) is 12.2. The fourth-order valence-electron chi connectivity index (χ4n) is 2.01. The second-order valence-corrected chi connectivity index (χ2v) is 5.05. The van der Waals surface area contributed by atoms with Gasteiger partial charge in [0.1, 0.15) is 11.0 Å². The van der Waals surface area contributed by atoms with Crippen molar-refractivity contribution < 1.29 is 14.3 Å². The maximum atomic E-state index is 11.7. The summed E-state index contributed by atoms with van der Waals surface area (Å²) in [4.78, 5) is 11.7. The summed E-state index contributed by atoms with van der Waals surface area (Å²) in [7, 11) is 3.06. The molecule has 0 aliphatic rings. The number of hydrogen-bond acceptors (Lipinski definition) is 4. The van der Waals surface area contributed by atoms with Crippen LogP contribution in [0.2, 0.25) is 0 Å². The first kappa shape index (κ1) is 13.7. The average Bonchev–Trinajstić information content (AvgIpc) is 2.47. The zero-order valence-corrected chi connectivity index (χ0v) is 12.0. The zero-order chi connectivity index (χ0) is 13.8. The van der Waals surface area contributed by atoms with Gasteiger partial charge in [-0.25, -0.2) is 0 Å². The average molecular weight is 276 g/mol. The Labute approximate surface area is 116 Å². The minimum atomic E-state index is -0.281. The highest BCUT2D eigenvalue weighted by atomic mass is 32.2. The molecular formula is C15H16O3S. The second-order valence-electron chi connectivity index (χ2n) is 4.11. The van der Waals surface area contributed by atoms with Gasteiger partial charge in [0.15, 0.2) is 0 Å². The van der Waals surface area contributed by atoms with Crippen molar-refractivity contribution in [3.8, 4) is 5.75 Å². The Hall–Kier alpha value is -1.68. The number of hydrogen-bond donors (Lipinski definition) is 0. The van der Waals surface area contributed by atoms with Crippen LogP contribution in [0.5, 0.6) is 5.75 Å². The van der Waals surface area contributed by atoms with E-state index in [2.05, 4.69) is 0 Å². The van der Waals surface area contributed by atoms with Crippen LogP contribution in [0, 0.1) is 0 Å². The standard InChI is InChI=1S/C15H16O3S/c1-17-13-7-6-10-8-12(5-4-11(10)9-13)14(19-3)15(16)18-2/h4-9,14H,1-3H3. The smallest absolute Gasteiger partial charge is 0.323 e. The molecule has 0 bridgehead atoms. The minimum absolute atomic E-state index is 0.222. The van der Waals surface area contributed by atoms with Crippen LogP contribution in [-0.2, 0) is 9.53 Å². The van der Waals surface area contributed by atoms with E-state index >= 15 is 0 Å². The van der Waals surface area contributed by atoms with Gasteiger partial charge in [-0.3, -0.25) is 4.79 Å². The van der Waals surface area contributed by atoms with E-state index < -0.39 is 0 Å². The number of carbonyl (C=O) groups excluding carboxylic acids is 1. The topological polar surface area (TPSA) is 35.5 Å². The third-order valence-corrected chi connectivity index (χ3v) is 3.96. The first-order valence-electron chi connectivity index (χ1n) is 5.88. The molecule has 2 rings (SSSR count). The van der Waals surface area contributed by atoms with E-state index in [0.29, 0.717) is 0 Å². The third-order valence-electron chi connectivity index (χ3n) is 3.03. The van der Waals surface area contributed by atoms with Gasteiger partial charge in [0, 0.05) is 0 Å². The largest absolute Gasteiger partial charge is 0.497 e. The van der Waals surface area contributed by atoms with E-state index in [4.69, 9.17) is 9.47 Å². The zero-order valence-electron chi connectivity index (χ0n) is 11.2. The molecule has 1 unspecified atom stereocenters. The molecule has 0 aromatic heterocycles. The molecule has 0 spiro atoms. The van der Waals surface area contributed by atoms with Crippen molar-refractivity contribution in [2.45, 2.75) is 5.25 Å². The molecule has 0 aliphatic carbocycles. The lowest BCUT2D eigenvalue weighted by molar-refractivity contribution is -0.140. The van der Waals surface area contributed by atoms with Gasteiger partial charge in [-0.15, -0.1) is 11.8 Å².